The van der Waals surface area contributed by atoms with Crippen LogP contribution in [-0.2, 0) is 9.67 Å². The lowest BCUT2D eigenvalue weighted by molar-refractivity contribution is -0.137. The molecule has 3 atom stereocenters. The number of allylic oxidation sites excluding steroid dienone is 2. The van der Waals surface area contributed by atoms with E-state index in [4.69, 9.17) is 11.6 Å². The number of halogens is 1. The molecule has 2 aliphatic carbocycles. The highest BCUT2D eigenvalue weighted by Gasteiger charge is 2.61. The first-order valence-corrected chi connectivity index (χ1v) is 5.58. The molecule has 0 N–H and O–H groups in total. The fourth-order valence-corrected chi connectivity index (χ4v) is 3.18. The SMILES string of the molecule is O=C1[C@@H]2CC=C[C@@H]2[C@@]1(Cl)c1ccccc1. The number of hydrogen-bond acceptors (Lipinski definition) is 1. The normalized spacial score (nSPS) is 37.5. The van der Waals surface area contributed by atoms with E-state index in [0.717, 1.165) is 12.0 Å². The molecule has 15 heavy (non-hydrogen) atoms. The fourth-order valence-electron chi connectivity index (χ4n) is 2.69. The van der Waals surface area contributed by atoms with Crippen molar-refractivity contribution in [1.29, 1.82) is 0 Å². The van der Waals surface area contributed by atoms with Crippen LogP contribution in [0.3, 0.4) is 0 Å². The second-order valence-corrected chi connectivity index (χ2v) is 4.83. The van der Waals surface area contributed by atoms with E-state index in [1.54, 1.807) is 0 Å². The summed E-state index contributed by atoms with van der Waals surface area (Å²) in [4.78, 5) is 11.2. The van der Waals surface area contributed by atoms with Gasteiger partial charge >= 0.3 is 0 Å². The molecule has 0 amide bonds. The number of alkyl halides is 1. The summed E-state index contributed by atoms with van der Waals surface area (Å²) in [5.41, 5.74) is 0.935. The van der Waals surface area contributed by atoms with E-state index in [0.29, 0.717) is 0 Å². The van der Waals surface area contributed by atoms with Crippen molar-refractivity contribution >= 4 is 17.4 Å². The highest BCUT2D eigenvalue weighted by molar-refractivity contribution is 6.38. The number of rotatable bonds is 1. The van der Waals surface area contributed by atoms with E-state index in [9.17, 15) is 4.79 Å². The van der Waals surface area contributed by atoms with E-state index in [1.807, 2.05) is 30.3 Å². The van der Waals surface area contributed by atoms with Crippen LogP contribution in [0.15, 0.2) is 42.5 Å². The average Bonchev–Trinajstić information content (AvgIpc) is 2.75. The van der Waals surface area contributed by atoms with Crippen molar-refractivity contribution in [3.8, 4) is 0 Å². The third kappa shape index (κ3) is 1.02. The molecular formula is C13H11ClO. The zero-order valence-corrected chi connectivity index (χ0v) is 8.95. The summed E-state index contributed by atoms with van der Waals surface area (Å²) in [6.07, 6.45) is 5.02. The smallest absolute Gasteiger partial charge is 0.162 e. The Morgan fingerprint density at radius 1 is 1.27 bits per heavy atom. The van der Waals surface area contributed by atoms with Gasteiger partial charge in [0.15, 0.2) is 5.78 Å². The maximum absolute atomic E-state index is 12.0. The van der Waals surface area contributed by atoms with Gasteiger partial charge in [-0.25, -0.2) is 0 Å². The number of Topliss-reactive ketones (excluding diaryl/α,β-unsaturated/α-hetero) is 1. The first kappa shape index (κ1) is 9.17. The minimum absolute atomic E-state index is 0.141. The molecule has 2 aliphatic rings. The lowest BCUT2D eigenvalue weighted by Gasteiger charge is -2.46. The summed E-state index contributed by atoms with van der Waals surface area (Å²) >= 11 is 6.48. The van der Waals surface area contributed by atoms with Crippen LogP contribution in [0.4, 0.5) is 0 Å². The Hall–Kier alpha value is -1.08. The molecule has 76 valence electrons. The van der Waals surface area contributed by atoms with Gasteiger partial charge in [0.05, 0.1) is 0 Å². The van der Waals surface area contributed by atoms with Gasteiger partial charge in [0.25, 0.3) is 0 Å². The third-order valence-corrected chi connectivity index (χ3v) is 4.17. The topological polar surface area (TPSA) is 17.1 Å². The van der Waals surface area contributed by atoms with E-state index in [2.05, 4.69) is 12.2 Å². The third-order valence-electron chi connectivity index (χ3n) is 3.52. The van der Waals surface area contributed by atoms with Crippen molar-refractivity contribution in [2.24, 2.45) is 11.8 Å². The molecule has 2 heteroatoms. The van der Waals surface area contributed by atoms with Crippen molar-refractivity contribution in [2.75, 3.05) is 0 Å². The predicted octanol–water partition coefficient (Wildman–Crippen LogP) is 2.90. The Labute approximate surface area is 93.7 Å². The van der Waals surface area contributed by atoms with Gasteiger partial charge in [0.1, 0.15) is 4.87 Å². The van der Waals surface area contributed by atoms with Crippen LogP contribution in [0.1, 0.15) is 12.0 Å². The van der Waals surface area contributed by atoms with Crippen LogP contribution in [-0.4, -0.2) is 5.78 Å². The van der Waals surface area contributed by atoms with Crippen LogP contribution in [0, 0.1) is 11.8 Å². The molecule has 1 saturated carbocycles. The predicted molar refractivity (Wildman–Crippen MR) is 59.7 cm³/mol. The largest absolute Gasteiger partial charge is 0.297 e. The van der Waals surface area contributed by atoms with Gasteiger partial charge in [0, 0.05) is 11.8 Å². The summed E-state index contributed by atoms with van der Waals surface area (Å²) < 4.78 is 0. The zero-order valence-electron chi connectivity index (χ0n) is 8.19. The lowest BCUT2D eigenvalue weighted by Crippen LogP contribution is -2.55. The van der Waals surface area contributed by atoms with E-state index >= 15 is 0 Å². The summed E-state index contributed by atoms with van der Waals surface area (Å²) in [6.45, 7) is 0. The van der Waals surface area contributed by atoms with Crippen molar-refractivity contribution in [3.63, 3.8) is 0 Å². The van der Waals surface area contributed by atoms with Crippen LogP contribution in [0.25, 0.3) is 0 Å². The standard InChI is InChI=1S/C13H11ClO/c14-13(9-5-2-1-3-6-9)11-8-4-7-10(11)12(13)15/h1-6,8,10-11H,7H2/t10-,11+,13+/m1/s1. The van der Waals surface area contributed by atoms with Crippen LogP contribution >= 0.6 is 11.6 Å². The molecule has 1 nitrogen and oxygen atoms in total. The van der Waals surface area contributed by atoms with Crippen LogP contribution in [0.2, 0.25) is 0 Å². The van der Waals surface area contributed by atoms with E-state index in [1.165, 1.54) is 0 Å². The maximum atomic E-state index is 12.0. The molecular weight excluding hydrogens is 208 g/mol. The number of carbonyl (C=O) groups excluding carboxylic acids is 1. The Balaban J connectivity index is 2.05. The lowest BCUT2D eigenvalue weighted by atomic mass is 9.62. The van der Waals surface area contributed by atoms with Gasteiger partial charge in [0.2, 0.25) is 0 Å². The molecule has 0 aliphatic heterocycles. The monoisotopic (exact) mass is 218 g/mol. The van der Waals surface area contributed by atoms with Crippen LogP contribution in [0.5, 0.6) is 0 Å². The molecule has 0 saturated heterocycles. The summed E-state index contributed by atoms with van der Waals surface area (Å²) in [7, 11) is 0. The minimum atomic E-state index is -0.779. The number of fused-ring (bicyclic) bond motifs is 1. The molecule has 0 radical (unpaired) electrons. The average molecular weight is 219 g/mol. The molecule has 0 unspecified atom stereocenters. The van der Waals surface area contributed by atoms with E-state index < -0.39 is 4.87 Å². The number of ketones is 1. The number of benzene rings is 1. The number of hydrogen-bond donors (Lipinski definition) is 0. The van der Waals surface area contributed by atoms with Crippen molar-refractivity contribution in [2.45, 2.75) is 11.3 Å². The van der Waals surface area contributed by atoms with Gasteiger partial charge in [-0.2, -0.15) is 0 Å². The van der Waals surface area contributed by atoms with Gasteiger partial charge in [-0.15, -0.1) is 11.6 Å². The fraction of sp³-hybridized carbons (Fsp3) is 0.308. The second-order valence-electron chi connectivity index (χ2n) is 4.24. The van der Waals surface area contributed by atoms with Crippen LogP contribution < -0.4 is 0 Å². The van der Waals surface area contributed by atoms with E-state index in [-0.39, 0.29) is 17.6 Å². The minimum Gasteiger partial charge on any atom is -0.297 e. The molecule has 1 aromatic rings. The quantitative estimate of drug-likeness (QED) is 0.523. The Bertz CT molecular complexity index is 437. The first-order chi connectivity index (χ1) is 7.24. The highest BCUT2D eigenvalue weighted by atomic mass is 35.5. The van der Waals surface area contributed by atoms with Gasteiger partial charge in [-0.3, -0.25) is 4.79 Å². The van der Waals surface area contributed by atoms with Crippen molar-refractivity contribution in [3.05, 3.63) is 48.0 Å². The molecule has 1 aromatic carbocycles. The molecule has 0 spiro atoms. The van der Waals surface area contributed by atoms with Gasteiger partial charge in [-0.05, 0) is 12.0 Å². The maximum Gasteiger partial charge on any atom is 0.162 e. The second kappa shape index (κ2) is 2.96. The highest BCUT2D eigenvalue weighted by Crippen LogP contribution is 2.57. The van der Waals surface area contributed by atoms with Gasteiger partial charge < -0.3 is 0 Å². The molecule has 0 aromatic heterocycles. The molecule has 0 bridgehead atoms. The Kier molecular flexibility index (Phi) is 1.81. The Morgan fingerprint density at radius 3 is 2.73 bits per heavy atom. The molecule has 0 heterocycles. The molecule has 3 rings (SSSR count). The summed E-state index contributed by atoms with van der Waals surface area (Å²) in [6, 6.07) is 9.67. The van der Waals surface area contributed by atoms with Gasteiger partial charge in [-0.1, -0.05) is 42.5 Å². The summed E-state index contributed by atoms with van der Waals surface area (Å²) in [5.74, 6) is 0.530. The van der Waals surface area contributed by atoms with Crippen molar-refractivity contribution in [1.82, 2.24) is 0 Å². The molecule has 1 fully saturated rings. The zero-order chi connectivity index (χ0) is 10.5. The number of carbonyl (C=O) groups is 1. The van der Waals surface area contributed by atoms with Crippen molar-refractivity contribution < 1.29 is 4.79 Å². The summed E-state index contributed by atoms with van der Waals surface area (Å²) in [5, 5.41) is 0. The Morgan fingerprint density at radius 2 is 2.00 bits per heavy atom. The first-order valence-electron chi connectivity index (χ1n) is 5.20.